The van der Waals surface area contributed by atoms with E-state index in [1.54, 1.807) is 12.1 Å². The summed E-state index contributed by atoms with van der Waals surface area (Å²) in [5.74, 6) is 0.671. The smallest absolute Gasteiger partial charge is 0.205 e. The molecule has 1 aliphatic heterocycles. The third-order valence-electron chi connectivity index (χ3n) is 8.13. The van der Waals surface area contributed by atoms with Crippen LogP contribution in [0.1, 0.15) is 34.5 Å². The van der Waals surface area contributed by atoms with Crippen molar-refractivity contribution in [2.24, 2.45) is 0 Å². The van der Waals surface area contributed by atoms with Crippen LogP contribution in [0.5, 0.6) is 0 Å². The fraction of sp³-hybridized carbons (Fsp3) is 0.0833. The van der Waals surface area contributed by atoms with Crippen molar-refractivity contribution in [1.82, 2.24) is 15.3 Å². The van der Waals surface area contributed by atoms with Crippen molar-refractivity contribution < 1.29 is 0 Å². The molecule has 1 fully saturated rings. The summed E-state index contributed by atoms with van der Waals surface area (Å²) in [4.78, 5) is 11.0. The van der Waals surface area contributed by atoms with Gasteiger partial charge in [-0.05, 0) is 34.4 Å². The number of benzene rings is 5. The van der Waals surface area contributed by atoms with Gasteiger partial charge in [-0.15, -0.1) is 0 Å². The van der Waals surface area contributed by atoms with E-state index in [2.05, 4.69) is 100 Å². The van der Waals surface area contributed by atoms with Gasteiger partial charge >= 0.3 is 0 Å². The molecule has 0 radical (unpaired) electrons. The topological polar surface area (TPSA) is 44.0 Å². The van der Waals surface area contributed by atoms with Crippen LogP contribution in [0.15, 0.2) is 140 Å². The summed E-state index contributed by atoms with van der Waals surface area (Å²) in [6.45, 7) is 0. The molecule has 1 saturated heterocycles. The number of rotatable bonds is 6. The van der Waals surface area contributed by atoms with Crippen molar-refractivity contribution in [2.45, 2.75) is 17.7 Å². The van der Waals surface area contributed by atoms with E-state index in [1.807, 2.05) is 42.6 Å². The molecule has 4 nitrogen and oxygen atoms in total. The summed E-state index contributed by atoms with van der Waals surface area (Å²) < 4.78 is 0. The minimum atomic E-state index is -0.785. The molecule has 2 atom stereocenters. The molecule has 0 bridgehead atoms. The number of imidazole rings is 1. The molecular formula is C36H27Cl3N4. The van der Waals surface area contributed by atoms with E-state index in [0.29, 0.717) is 21.0 Å². The molecule has 0 amide bonds. The third-order valence-corrected chi connectivity index (χ3v) is 8.98. The van der Waals surface area contributed by atoms with Crippen molar-refractivity contribution in [1.29, 1.82) is 0 Å². The van der Waals surface area contributed by atoms with E-state index in [1.165, 1.54) is 0 Å². The first kappa shape index (κ1) is 27.8. The van der Waals surface area contributed by atoms with Gasteiger partial charge in [0.25, 0.3) is 0 Å². The predicted octanol–water partition coefficient (Wildman–Crippen LogP) is 9.83. The number of aromatic nitrogens is 2. The SMILES string of the molecule is Clc1cc(Cl)c(C2NC(c3ccccc3)C(c3ccccc3)(c3ccccc3)N2c2ncc(-c3ccccc3)[nH]2)c(Cl)c1. The van der Waals surface area contributed by atoms with E-state index >= 15 is 0 Å². The Hall–Kier alpha value is -4.06. The predicted molar refractivity (Wildman–Crippen MR) is 177 cm³/mol. The second-order valence-electron chi connectivity index (χ2n) is 10.6. The van der Waals surface area contributed by atoms with Crippen molar-refractivity contribution >= 4 is 40.8 Å². The number of hydrogen-bond donors (Lipinski definition) is 2. The standard InChI is InChI=1S/C36H27Cl3N4/c37-28-21-29(38)32(30(39)22-28)34-42-33(25-15-7-2-8-16-25)36(26-17-9-3-10-18-26,27-19-11-4-12-20-27)43(34)35-40-23-31(41-35)24-13-5-1-6-14-24/h1-23,33-34,42H,(H,40,41). The van der Waals surface area contributed by atoms with Crippen LogP contribution >= 0.6 is 34.8 Å². The number of anilines is 1. The number of hydrogen-bond acceptors (Lipinski definition) is 3. The normalized spacial score (nSPS) is 17.7. The lowest BCUT2D eigenvalue weighted by Gasteiger charge is -2.44. The molecule has 0 spiro atoms. The molecule has 212 valence electrons. The molecule has 1 aromatic heterocycles. The molecule has 5 aromatic carbocycles. The monoisotopic (exact) mass is 620 g/mol. The summed E-state index contributed by atoms with van der Waals surface area (Å²) >= 11 is 20.4. The Kier molecular flexibility index (Phi) is 7.46. The Morgan fingerprint density at radius 2 is 1.16 bits per heavy atom. The van der Waals surface area contributed by atoms with Crippen molar-refractivity contribution in [2.75, 3.05) is 4.90 Å². The minimum absolute atomic E-state index is 0.239. The Morgan fingerprint density at radius 1 is 0.651 bits per heavy atom. The van der Waals surface area contributed by atoms with Crippen LogP contribution < -0.4 is 10.2 Å². The fourth-order valence-corrected chi connectivity index (χ4v) is 7.38. The highest BCUT2D eigenvalue weighted by Gasteiger charge is 2.58. The average Bonchev–Trinajstić information content (AvgIpc) is 3.66. The van der Waals surface area contributed by atoms with Gasteiger partial charge < -0.3 is 9.88 Å². The largest absolute Gasteiger partial charge is 0.324 e. The summed E-state index contributed by atoms with van der Waals surface area (Å²) in [7, 11) is 0. The van der Waals surface area contributed by atoms with Gasteiger partial charge in [0.05, 0.1) is 28.0 Å². The zero-order chi connectivity index (χ0) is 29.4. The maximum Gasteiger partial charge on any atom is 0.205 e. The number of nitrogens with one attached hydrogen (secondary N) is 2. The van der Waals surface area contributed by atoms with Gasteiger partial charge in [-0.2, -0.15) is 0 Å². The van der Waals surface area contributed by atoms with E-state index in [0.717, 1.165) is 33.5 Å². The van der Waals surface area contributed by atoms with Crippen LogP contribution in [0, 0.1) is 0 Å². The minimum Gasteiger partial charge on any atom is -0.324 e. The Balaban J connectivity index is 1.57. The number of H-pyrrole nitrogens is 1. The second kappa shape index (κ2) is 11.6. The second-order valence-corrected chi connectivity index (χ2v) is 11.8. The summed E-state index contributed by atoms with van der Waals surface area (Å²) in [5, 5.41) is 5.38. The van der Waals surface area contributed by atoms with Crippen LogP contribution in [0.2, 0.25) is 15.1 Å². The molecule has 1 aliphatic rings. The van der Waals surface area contributed by atoms with Crippen LogP contribution in [0.3, 0.4) is 0 Å². The summed E-state index contributed by atoms with van der Waals surface area (Å²) in [6.07, 6.45) is 1.39. The first-order valence-corrected chi connectivity index (χ1v) is 15.2. The van der Waals surface area contributed by atoms with Crippen molar-refractivity contribution in [3.05, 3.63) is 177 Å². The van der Waals surface area contributed by atoms with Gasteiger partial charge in [0.2, 0.25) is 5.95 Å². The molecule has 0 saturated carbocycles. The zero-order valence-corrected chi connectivity index (χ0v) is 25.2. The van der Waals surface area contributed by atoms with Gasteiger partial charge in [0, 0.05) is 10.6 Å². The Morgan fingerprint density at radius 3 is 1.72 bits per heavy atom. The van der Waals surface area contributed by atoms with Gasteiger partial charge in [0.1, 0.15) is 11.7 Å². The highest BCUT2D eigenvalue weighted by Crippen LogP contribution is 2.57. The van der Waals surface area contributed by atoms with E-state index < -0.39 is 11.7 Å². The first-order valence-electron chi connectivity index (χ1n) is 14.0. The molecule has 2 N–H and O–H groups in total. The zero-order valence-electron chi connectivity index (χ0n) is 23.0. The van der Waals surface area contributed by atoms with Crippen LogP contribution in [0.4, 0.5) is 5.95 Å². The molecule has 2 heterocycles. The van der Waals surface area contributed by atoms with Gasteiger partial charge in [-0.1, -0.05) is 156 Å². The number of nitrogens with zero attached hydrogens (tertiary/aromatic N) is 2. The third kappa shape index (κ3) is 4.81. The molecule has 43 heavy (non-hydrogen) atoms. The van der Waals surface area contributed by atoms with Gasteiger partial charge in [0.15, 0.2) is 0 Å². The Bertz CT molecular complexity index is 1780. The van der Waals surface area contributed by atoms with E-state index in [9.17, 15) is 0 Å². The lowest BCUT2D eigenvalue weighted by molar-refractivity contribution is 0.445. The van der Waals surface area contributed by atoms with Crippen molar-refractivity contribution in [3.8, 4) is 11.3 Å². The quantitative estimate of drug-likeness (QED) is 0.195. The van der Waals surface area contributed by atoms with Crippen LogP contribution in [-0.4, -0.2) is 9.97 Å². The maximum atomic E-state index is 6.98. The average molecular weight is 622 g/mol. The maximum absolute atomic E-state index is 6.98. The Labute approximate surface area is 265 Å². The van der Waals surface area contributed by atoms with Crippen LogP contribution in [0.25, 0.3) is 11.3 Å². The molecule has 6 aromatic rings. The molecule has 2 unspecified atom stereocenters. The lowest BCUT2D eigenvalue weighted by Crippen LogP contribution is -2.47. The lowest BCUT2D eigenvalue weighted by atomic mass is 9.74. The first-order chi connectivity index (χ1) is 21.1. The highest BCUT2D eigenvalue weighted by atomic mass is 35.5. The number of halogens is 3. The molecular weight excluding hydrogens is 595 g/mol. The number of aromatic amines is 1. The highest BCUT2D eigenvalue weighted by molar-refractivity contribution is 6.39. The van der Waals surface area contributed by atoms with E-state index in [-0.39, 0.29) is 6.04 Å². The molecule has 7 heteroatoms. The van der Waals surface area contributed by atoms with E-state index in [4.69, 9.17) is 39.8 Å². The fourth-order valence-electron chi connectivity index (χ4n) is 6.36. The molecule has 7 rings (SSSR count). The van der Waals surface area contributed by atoms with Gasteiger partial charge in [-0.25, -0.2) is 4.98 Å². The summed E-state index contributed by atoms with van der Waals surface area (Å²) in [6, 6.07) is 45.0. The van der Waals surface area contributed by atoms with Crippen molar-refractivity contribution in [3.63, 3.8) is 0 Å². The summed E-state index contributed by atoms with van der Waals surface area (Å²) in [5.41, 5.74) is 5.16. The van der Waals surface area contributed by atoms with Gasteiger partial charge in [-0.3, -0.25) is 5.32 Å². The molecule has 0 aliphatic carbocycles. The van der Waals surface area contributed by atoms with Crippen LogP contribution in [-0.2, 0) is 5.54 Å².